The molecule has 0 N–H and O–H groups in total. The van der Waals surface area contributed by atoms with E-state index in [0.29, 0.717) is 0 Å². The first-order valence-electron chi connectivity index (χ1n) is 4.24. The molecule has 0 saturated carbocycles. The zero-order valence-corrected chi connectivity index (χ0v) is 7.87. The summed E-state index contributed by atoms with van der Waals surface area (Å²) in [5, 5.41) is 0. The summed E-state index contributed by atoms with van der Waals surface area (Å²) in [6, 6.07) is 6.01. The molecule has 0 aliphatic carbocycles. The van der Waals surface area contributed by atoms with E-state index in [1.807, 2.05) is 25.1 Å². The number of hydrogen-bond donors (Lipinski definition) is 0. The molecule has 0 bridgehead atoms. The standard InChI is InChI=1S/C10H15NO/c1-4-10(12-3)9-7-5-6-8(2)11-9/h5-7,10H,4H2,1-3H3. The molecule has 1 aromatic rings. The van der Waals surface area contributed by atoms with Crippen molar-refractivity contribution in [3.63, 3.8) is 0 Å². The highest BCUT2D eigenvalue weighted by atomic mass is 16.5. The first-order chi connectivity index (χ1) is 5.77. The molecular formula is C10H15NO. The Balaban J connectivity index is 2.85. The molecule has 2 heteroatoms. The molecule has 0 aromatic carbocycles. The Labute approximate surface area is 73.6 Å². The molecule has 1 heterocycles. The average Bonchev–Trinajstić information content (AvgIpc) is 2.07. The van der Waals surface area contributed by atoms with E-state index in [0.717, 1.165) is 17.8 Å². The highest BCUT2D eigenvalue weighted by Gasteiger charge is 2.07. The number of aromatic nitrogens is 1. The second-order valence-corrected chi connectivity index (χ2v) is 2.84. The summed E-state index contributed by atoms with van der Waals surface area (Å²) in [6.45, 7) is 4.09. The van der Waals surface area contributed by atoms with E-state index in [2.05, 4.69) is 11.9 Å². The predicted octanol–water partition coefficient (Wildman–Crippen LogP) is 2.49. The second kappa shape index (κ2) is 4.21. The Morgan fingerprint density at radius 3 is 2.75 bits per heavy atom. The van der Waals surface area contributed by atoms with Crippen LogP contribution < -0.4 is 0 Å². The van der Waals surface area contributed by atoms with Crippen LogP contribution >= 0.6 is 0 Å². The van der Waals surface area contributed by atoms with Gasteiger partial charge in [-0.25, -0.2) is 0 Å². The quantitative estimate of drug-likeness (QED) is 0.686. The lowest BCUT2D eigenvalue weighted by molar-refractivity contribution is 0.0964. The fourth-order valence-electron chi connectivity index (χ4n) is 1.24. The van der Waals surface area contributed by atoms with Gasteiger partial charge in [0.25, 0.3) is 0 Å². The molecule has 1 atom stereocenters. The lowest BCUT2D eigenvalue weighted by Crippen LogP contribution is -2.02. The van der Waals surface area contributed by atoms with Crippen molar-refractivity contribution in [2.75, 3.05) is 7.11 Å². The Bertz CT molecular complexity index is 243. The zero-order chi connectivity index (χ0) is 8.97. The summed E-state index contributed by atoms with van der Waals surface area (Å²) in [7, 11) is 1.72. The van der Waals surface area contributed by atoms with Crippen LogP contribution in [0.1, 0.15) is 30.8 Å². The van der Waals surface area contributed by atoms with Crippen molar-refractivity contribution in [1.82, 2.24) is 4.98 Å². The van der Waals surface area contributed by atoms with Gasteiger partial charge in [0.15, 0.2) is 0 Å². The number of ether oxygens (including phenoxy) is 1. The van der Waals surface area contributed by atoms with Crippen molar-refractivity contribution in [3.05, 3.63) is 29.6 Å². The molecule has 0 fully saturated rings. The third-order valence-electron chi connectivity index (χ3n) is 1.90. The molecule has 1 rings (SSSR count). The fourth-order valence-corrected chi connectivity index (χ4v) is 1.24. The number of methoxy groups -OCH3 is 1. The van der Waals surface area contributed by atoms with Gasteiger partial charge in [0, 0.05) is 12.8 Å². The molecule has 0 radical (unpaired) electrons. The van der Waals surface area contributed by atoms with E-state index in [-0.39, 0.29) is 6.10 Å². The van der Waals surface area contributed by atoms with Crippen LogP contribution in [-0.4, -0.2) is 12.1 Å². The minimum absolute atomic E-state index is 0.143. The van der Waals surface area contributed by atoms with Gasteiger partial charge in [-0.1, -0.05) is 13.0 Å². The van der Waals surface area contributed by atoms with Gasteiger partial charge in [0.1, 0.15) is 0 Å². The molecule has 66 valence electrons. The van der Waals surface area contributed by atoms with E-state index in [9.17, 15) is 0 Å². The van der Waals surface area contributed by atoms with Crippen LogP contribution in [0.25, 0.3) is 0 Å². The first kappa shape index (κ1) is 9.20. The maximum atomic E-state index is 5.28. The van der Waals surface area contributed by atoms with Crippen molar-refractivity contribution >= 4 is 0 Å². The van der Waals surface area contributed by atoms with Crippen LogP contribution in [0.4, 0.5) is 0 Å². The number of hydrogen-bond acceptors (Lipinski definition) is 2. The van der Waals surface area contributed by atoms with Crippen LogP contribution in [0, 0.1) is 6.92 Å². The first-order valence-corrected chi connectivity index (χ1v) is 4.24. The third-order valence-corrected chi connectivity index (χ3v) is 1.90. The van der Waals surface area contributed by atoms with Crippen LogP contribution in [0.3, 0.4) is 0 Å². The Morgan fingerprint density at radius 2 is 2.25 bits per heavy atom. The van der Waals surface area contributed by atoms with Gasteiger partial charge in [-0.2, -0.15) is 0 Å². The van der Waals surface area contributed by atoms with Gasteiger partial charge in [-0.3, -0.25) is 4.98 Å². The predicted molar refractivity (Wildman–Crippen MR) is 49.0 cm³/mol. The number of rotatable bonds is 3. The van der Waals surface area contributed by atoms with Gasteiger partial charge < -0.3 is 4.74 Å². The molecule has 1 aromatic heterocycles. The summed E-state index contributed by atoms with van der Waals surface area (Å²) in [6.07, 6.45) is 1.11. The van der Waals surface area contributed by atoms with E-state index < -0.39 is 0 Å². The maximum Gasteiger partial charge on any atom is 0.0988 e. The number of pyridine rings is 1. The second-order valence-electron chi connectivity index (χ2n) is 2.84. The highest BCUT2D eigenvalue weighted by Crippen LogP contribution is 2.17. The lowest BCUT2D eigenvalue weighted by Gasteiger charge is -2.12. The highest BCUT2D eigenvalue weighted by molar-refractivity contribution is 5.12. The summed E-state index contributed by atoms with van der Waals surface area (Å²) < 4.78 is 5.28. The molecule has 0 aliphatic rings. The van der Waals surface area contributed by atoms with Crippen LogP contribution in [0.5, 0.6) is 0 Å². The van der Waals surface area contributed by atoms with Gasteiger partial charge in [-0.15, -0.1) is 0 Å². The minimum Gasteiger partial charge on any atom is -0.375 e. The number of nitrogens with zero attached hydrogens (tertiary/aromatic N) is 1. The monoisotopic (exact) mass is 165 g/mol. The van der Waals surface area contributed by atoms with Crippen molar-refractivity contribution in [2.24, 2.45) is 0 Å². The van der Waals surface area contributed by atoms with Crippen molar-refractivity contribution in [3.8, 4) is 0 Å². The van der Waals surface area contributed by atoms with E-state index in [1.165, 1.54) is 0 Å². The summed E-state index contributed by atoms with van der Waals surface area (Å²) in [4.78, 5) is 4.39. The molecule has 2 nitrogen and oxygen atoms in total. The zero-order valence-electron chi connectivity index (χ0n) is 7.87. The van der Waals surface area contributed by atoms with Gasteiger partial charge >= 0.3 is 0 Å². The molecule has 0 spiro atoms. The van der Waals surface area contributed by atoms with E-state index in [1.54, 1.807) is 7.11 Å². The Morgan fingerprint density at radius 1 is 1.50 bits per heavy atom. The van der Waals surface area contributed by atoms with Crippen molar-refractivity contribution in [1.29, 1.82) is 0 Å². The molecule has 0 aliphatic heterocycles. The van der Waals surface area contributed by atoms with Gasteiger partial charge in [-0.05, 0) is 25.5 Å². The number of aryl methyl sites for hydroxylation is 1. The average molecular weight is 165 g/mol. The molecule has 0 saturated heterocycles. The van der Waals surface area contributed by atoms with Crippen LogP contribution in [0.2, 0.25) is 0 Å². The fraction of sp³-hybridized carbons (Fsp3) is 0.500. The maximum absolute atomic E-state index is 5.28. The largest absolute Gasteiger partial charge is 0.375 e. The lowest BCUT2D eigenvalue weighted by atomic mass is 10.2. The topological polar surface area (TPSA) is 22.1 Å². The molecule has 12 heavy (non-hydrogen) atoms. The molecule has 1 unspecified atom stereocenters. The van der Waals surface area contributed by atoms with Crippen molar-refractivity contribution < 1.29 is 4.74 Å². The van der Waals surface area contributed by atoms with E-state index in [4.69, 9.17) is 4.74 Å². The van der Waals surface area contributed by atoms with Crippen LogP contribution in [-0.2, 0) is 4.74 Å². The van der Waals surface area contributed by atoms with Gasteiger partial charge in [0.2, 0.25) is 0 Å². The minimum atomic E-state index is 0.143. The Kier molecular flexibility index (Phi) is 3.23. The summed E-state index contributed by atoms with van der Waals surface area (Å²) in [5.41, 5.74) is 2.07. The van der Waals surface area contributed by atoms with Crippen LogP contribution in [0.15, 0.2) is 18.2 Å². The third kappa shape index (κ3) is 2.05. The Hall–Kier alpha value is -0.890. The smallest absolute Gasteiger partial charge is 0.0988 e. The molecular weight excluding hydrogens is 150 g/mol. The van der Waals surface area contributed by atoms with E-state index >= 15 is 0 Å². The summed E-state index contributed by atoms with van der Waals surface area (Å²) >= 11 is 0. The summed E-state index contributed by atoms with van der Waals surface area (Å²) in [5.74, 6) is 0. The van der Waals surface area contributed by atoms with Gasteiger partial charge in [0.05, 0.1) is 11.8 Å². The molecule has 0 amide bonds. The normalized spacial score (nSPS) is 12.9. The van der Waals surface area contributed by atoms with Crippen molar-refractivity contribution in [2.45, 2.75) is 26.4 Å². The SMILES string of the molecule is CCC(OC)c1cccc(C)n1.